The van der Waals surface area contributed by atoms with Gasteiger partial charge in [-0.1, -0.05) is 30.3 Å². The highest BCUT2D eigenvalue weighted by molar-refractivity contribution is 5.59. The Hall–Kier alpha value is -3.25. The number of hydrogen-bond acceptors (Lipinski definition) is 4. The Bertz CT molecular complexity index is 1310. The molecule has 0 spiro atoms. The number of nitrogens with zero attached hydrogens (tertiary/aromatic N) is 4. The van der Waals surface area contributed by atoms with Crippen molar-refractivity contribution in [2.24, 2.45) is 0 Å². The molecular formula is C25H25N5O. The first-order valence-electron chi connectivity index (χ1n) is 11.0. The molecule has 2 atom stereocenters. The fourth-order valence-electron chi connectivity index (χ4n) is 5.29. The van der Waals surface area contributed by atoms with Crippen LogP contribution in [-0.2, 0) is 19.4 Å². The molecule has 0 aliphatic carbocycles. The van der Waals surface area contributed by atoms with Gasteiger partial charge >= 0.3 is 0 Å². The van der Waals surface area contributed by atoms with E-state index < -0.39 is 0 Å². The van der Waals surface area contributed by atoms with E-state index in [-0.39, 0.29) is 5.56 Å². The van der Waals surface area contributed by atoms with Crippen LogP contribution in [-0.4, -0.2) is 36.6 Å². The molecule has 2 aliphatic rings. The minimum Gasteiger partial charge on any atom is -0.294 e. The normalized spacial score (nSPS) is 20.7. The van der Waals surface area contributed by atoms with Crippen LogP contribution in [0.3, 0.4) is 0 Å². The van der Waals surface area contributed by atoms with Gasteiger partial charge in [-0.05, 0) is 43.9 Å². The summed E-state index contributed by atoms with van der Waals surface area (Å²) in [6.07, 6.45) is 5.78. The van der Waals surface area contributed by atoms with E-state index in [1.165, 1.54) is 12.0 Å². The number of hydrogen-bond donors (Lipinski definition) is 1. The van der Waals surface area contributed by atoms with E-state index in [0.717, 1.165) is 59.7 Å². The van der Waals surface area contributed by atoms with Gasteiger partial charge in [-0.2, -0.15) is 0 Å². The maximum Gasteiger partial charge on any atom is 0.276 e. The fourth-order valence-corrected chi connectivity index (χ4v) is 5.29. The predicted molar refractivity (Wildman–Crippen MR) is 120 cm³/mol. The lowest BCUT2D eigenvalue weighted by molar-refractivity contribution is 0.187. The van der Waals surface area contributed by atoms with Crippen molar-refractivity contribution in [3.8, 4) is 11.3 Å². The van der Waals surface area contributed by atoms with Crippen LogP contribution in [0.2, 0.25) is 0 Å². The standard InChI is InChI=1S/C25H25N5O/c1-16-12-24-27-23-14-20-10-9-19(13-21(23)25(31)30(24)28-16)29(20)15-17-5-7-18(8-6-17)22-4-2-3-11-26-22/h2-8,11-12,19-20,28H,9-10,13-15H2,1H3/t19-,20+/m0/s1. The third-order valence-electron chi connectivity index (χ3n) is 6.84. The SMILES string of the molecule is Cc1cc2nc3c(c(=O)n2[nH]1)C[C@@H]1CC[C@H](C3)N1Cc1ccc(-c2ccccn2)cc1. The zero-order valence-corrected chi connectivity index (χ0v) is 17.6. The van der Waals surface area contributed by atoms with Gasteiger partial charge in [0.1, 0.15) is 0 Å². The number of rotatable bonds is 3. The quantitative estimate of drug-likeness (QED) is 0.560. The summed E-state index contributed by atoms with van der Waals surface area (Å²) >= 11 is 0. The summed E-state index contributed by atoms with van der Waals surface area (Å²) < 4.78 is 1.61. The van der Waals surface area contributed by atoms with Crippen LogP contribution in [0.15, 0.2) is 59.5 Å². The van der Waals surface area contributed by atoms with Gasteiger partial charge in [0.25, 0.3) is 5.56 Å². The molecule has 1 saturated heterocycles. The average molecular weight is 412 g/mol. The van der Waals surface area contributed by atoms with Crippen molar-refractivity contribution >= 4 is 5.65 Å². The Morgan fingerprint density at radius 3 is 2.65 bits per heavy atom. The summed E-state index contributed by atoms with van der Waals surface area (Å²) in [5.41, 5.74) is 7.08. The Morgan fingerprint density at radius 1 is 1.06 bits per heavy atom. The van der Waals surface area contributed by atoms with E-state index in [1.807, 2.05) is 37.4 Å². The summed E-state index contributed by atoms with van der Waals surface area (Å²) in [4.78, 5) is 25.0. The van der Waals surface area contributed by atoms with Crippen LogP contribution in [0.1, 0.15) is 35.4 Å². The lowest BCUT2D eigenvalue weighted by Crippen LogP contribution is -2.36. The number of benzene rings is 1. The number of aromatic nitrogens is 4. The van der Waals surface area contributed by atoms with Crippen LogP contribution >= 0.6 is 0 Å². The molecule has 6 nitrogen and oxygen atoms in total. The van der Waals surface area contributed by atoms with E-state index >= 15 is 0 Å². The molecule has 1 aromatic carbocycles. The third kappa shape index (κ3) is 3.18. The highest BCUT2D eigenvalue weighted by Crippen LogP contribution is 2.34. The van der Waals surface area contributed by atoms with Crippen molar-refractivity contribution < 1.29 is 0 Å². The Balaban J connectivity index is 1.28. The van der Waals surface area contributed by atoms with Gasteiger partial charge in [0, 0.05) is 54.1 Å². The van der Waals surface area contributed by atoms with E-state index in [9.17, 15) is 4.79 Å². The molecular weight excluding hydrogens is 386 g/mol. The zero-order chi connectivity index (χ0) is 20.9. The van der Waals surface area contributed by atoms with Crippen molar-refractivity contribution in [1.82, 2.24) is 24.5 Å². The van der Waals surface area contributed by atoms with Crippen LogP contribution < -0.4 is 5.56 Å². The lowest BCUT2D eigenvalue weighted by Gasteiger charge is -2.28. The maximum atomic E-state index is 13.1. The molecule has 5 heterocycles. The lowest BCUT2D eigenvalue weighted by atomic mass is 9.98. The molecule has 0 amide bonds. The fraction of sp³-hybridized carbons (Fsp3) is 0.320. The first-order chi connectivity index (χ1) is 15.2. The summed E-state index contributed by atoms with van der Waals surface area (Å²) in [5, 5.41) is 3.13. The van der Waals surface area contributed by atoms with Gasteiger partial charge in [-0.15, -0.1) is 0 Å². The molecule has 2 aliphatic heterocycles. The molecule has 0 saturated carbocycles. The summed E-state index contributed by atoms with van der Waals surface area (Å²) in [6.45, 7) is 2.87. The molecule has 1 fully saturated rings. The smallest absolute Gasteiger partial charge is 0.276 e. The number of aryl methyl sites for hydroxylation is 1. The van der Waals surface area contributed by atoms with E-state index in [4.69, 9.17) is 4.98 Å². The van der Waals surface area contributed by atoms with Crippen molar-refractivity contribution in [3.05, 3.63) is 87.6 Å². The number of nitrogens with one attached hydrogen (secondary N) is 1. The largest absolute Gasteiger partial charge is 0.294 e. The van der Waals surface area contributed by atoms with Crippen LogP contribution in [0, 0.1) is 6.92 Å². The second-order valence-electron chi connectivity index (χ2n) is 8.85. The highest BCUT2D eigenvalue weighted by atomic mass is 16.1. The van der Waals surface area contributed by atoms with Crippen molar-refractivity contribution in [2.75, 3.05) is 0 Å². The van der Waals surface area contributed by atoms with Crippen molar-refractivity contribution in [1.29, 1.82) is 0 Å². The molecule has 156 valence electrons. The van der Waals surface area contributed by atoms with Crippen LogP contribution in [0.5, 0.6) is 0 Å². The van der Waals surface area contributed by atoms with Crippen LogP contribution in [0.25, 0.3) is 16.9 Å². The summed E-state index contributed by atoms with van der Waals surface area (Å²) in [5.74, 6) is 0. The van der Waals surface area contributed by atoms with Gasteiger partial charge in [-0.25, -0.2) is 9.50 Å². The summed E-state index contributed by atoms with van der Waals surface area (Å²) in [6, 6.07) is 17.5. The molecule has 0 unspecified atom stereocenters. The van der Waals surface area contributed by atoms with Gasteiger partial charge < -0.3 is 0 Å². The maximum absolute atomic E-state index is 13.1. The number of aromatic amines is 1. The van der Waals surface area contributed by atoms with Gasteiger partial charge in [0.05, 0.1) is 11.4 Å². The average Bonchev–Trinajstić information content (AvgIpc) is 3.29. The van der Waals surface area contributed by atoms with Gasteiger partial charge in [-0.3, -0.25) is 19.8 Å². The van der Waals surface area contributed by atoms with E-state index in [2.05, 4.69) is 39.2 Å². The highest BCUT2D eigenvalue weighted by Gasteiger charge is 2.38. The molecule has 4 aromatic rings. The van der Waals surface area contributed by atoms with Crippen molar-refractivity contribution in [2.45, 2.75) is 51.2 Å². The second-order valence-corrected chi connectivity index (χ2v) is 8.85. The zero-order valence-electron chi connectivity index (χ0n) is 17.6. The molecule has 2 bridgehead atoms. The molecule has 31 heavy (non-hydrogen) atoms. The van der Waals surface area contributed by atoms with E-state index in [0.29, 0.717) is 12.1 Å². The molecule has 3 aromatic heterocycles. The Kier molecular flexibility index (Phi) is 4.28. The monoisotopic (exact) mass is 411 g/mol. The third-order valence-corrected chi connectivity index (χ3v) is 6.84. The Morgan fingerprint density at radius 2 is 1.87 bits per heavy atom. The first kappa shape index (κ1) is 18.5. The number of pyridine rings is 1. The topological polar surface area (TPSA) is 66.3 Å². The molecule has 1 N–H and O–H groups in total. The number of fused-ring (bicyclic) bond motifs is 4. The predicted octanol–water partition coefficient (Wildman–Crippen LogP) is 3.52. The van der Waals surface area contributed by atoms with E-state index in [1.54, 1.807) is 4.52 Å². The second kappa shape index (κ2) is 7.17. The van der Waals surface area contributed by atoms with Gasteiger partial charge in [0.2, 0.25) is 0 Å². The van der Waals surface area contributed by atoms with Crippen LogP contribution in [0.4, 0.5) is 0 Å². The summed E-state index contributed by atoms with van der Waals surface area (Å²) in [7, 11) is 0. The minimum absolute atomic E-state index is 0.0697. The van der Waals surface area contributed by atoms with Crippen molar-refractivity contribution in [3.63, 3.8) is 0 Å². The molecule has 6 heteroatoms. The van der Waals surface area contributed by atoms with Gasteiger partial charge in [0.15, 0.2) is 5.65 Å². The molecule has 0 radical (unpaired) electrons. The first-order valence-corrected chi connectivity index (χ1v) is 11.0. The molecule has 6 rings (SSSR count). The minimum atomic E-state index is 0.0697. The number of H-pyrrole nitrogens is 1. The Labute approximate surface area is 180 Å².